The van der Waals surface area contributed by atoms with E-state index in [4.69, 9.17) is 4.74 Å². The average Bonchev–Trinajstić information content (AvgIpc) is 1.96. The Morgan fingerprint density at radius 2 is 1.53 bits per heavy atom. The molecule has 0 saturated carbocycles. The van der Waals surface area contributed by atoms with Gasteiger partial charge in [0.1, 0.15) is 5.60 Å². The number of rotatable bonds is 4. The zero-order valence-corrected chi connectivity index (χ0v) is 12.7. The van der Waals surface area contributed by atoms with Gasteiger partial charge in [-0.25, -0.2) is 4.79 Å². The largest absolute Gasteiger partial charge is 0.444 e. The molecule has 0 aromatic rings. The zero-order valence-electron chi connectivity index (χ0n) is 12.7. The summed E-state index contributed by atoms with van der Waals surface area (Å²) in [5, 5.41) is 2.82. The number of alkyl carbamates (subject to hydrolysis) is 1. The lowest BCUT2D eigenvalue weighted by atomic mass is 9.80. The number of nitrogens with one attached hydrogen (secondary N) is 1. The van der Waals surface area contributed by atoms with Crippen molar-refractivity contribution in [2.75, 3.05) is 0 Å². The van der Waals surface area contributed by atoms with Crippen molar-refractivity contribution in [1.82, 2.24) is 5.32 Å². The SMILES string of the molecule is CCC(C)(C)CC(C)(C)OC(=O)NC(C)(C)C. The van der Waals surface area contributed by atoms with E-state index in [-0.39, 0.29) is 17.0 Å². The average molecular weight is 243 g/mol. The summed E-state index contributed by atoms with van der Waals surface area (Å²) in [6.45, 7) is 16.3. The molecule has 0 spiro atoms. The number of carbonyl (C=O) groups is 1. The van der Waals surface area contributed by atoms with E-state index in [1.54, 1.807) is 0 Å². The first-order chi connectivity index (χ1) is 7.37. The van der Waals surface area contributed by atoms with E-state index < -0.39 is 5.60 Å². The molecule has 0 bridgehead atoms. The predicted octanol–water partition coefficient (Wildman–Crippen LogP) is 4.12. The van der Waals surface area contributed by atoms with Crippen LogP contribution in [0.15, 0.2) is 0 Å². The van der Waals surface area contributed by atoms with E-state index >= 15 is 0 Å². The van der Waals surface area contributed by atoms with E-state index in [0.29, 0.717) is 0 Å². The maximum atomic E-state index is 11.7. The van der Waals surface area contributed by atoms with Crippen LogP contribution in [0.3, 0.4) is 0 Å². The van der Waals surface area contributed by atoms with Crippen molar-refractivity contribution in [3.63, 3.8) is 0 Å². The Labute approximate surface area is 106 Å². The minimum absolute atomic E-state index is 0.186. The Kier molecular flexibility index (Phi) is 5.05. The number of hydrogen-bond acceptors (Lipinski definition) is 2. The topological polar surface area (TPSA) is 38.3 Å². The first-order valence-corrected chi connectivity index (χ1v) is 6.38. The summed E-state index contributed by atoms with van der Waals surface area (Å²) >= 11 is 0. The van der Waals surface area contributed by atoms with Gasteiger partial charge in [0, 0.05) is 5.54 Å². The summed E-state index contributed by atoms with van der Waals surface area (Å²) in [6, 6.07) is 0. The second-order valence-corrected chi connectivity index (χ2v) is 7.22. The van der Waals surface area contributed by atoms with E-state index in [1.807, 2.05) is 34.6 Å². The lowest BCUT2D eigenvalue weighted by Gasteiger charge is -2.34. The number of amides is 1. The van der Waals surface area contributed by atoms with Crippen molar-refractivity contribution >= 4 is 6.09 Å². The zero-order chi connectivity index (χ0) is 13.9. The molecule has 0 aliphatic heterocycles. The highest BCUT2D eigenvalue weighted by molar-refractivity contribution is 5.68. The molecule has 0 fully saturated rings. The fraction of sp³-hybridized carbons (Fsp3) is 0.929. The monoisotopic (exact) mass is 243 g/mol. The lowest BCUT2D eigenvalue weighted by Crippen LogP contribution is -2.45. The molecule has 0 aromatic carbocycles. The van der Waals surface area contributed by atoms with Gasteiger partial charge >= 0.3 is 6.09 Å². The highest BCUT2D eigenvalue weighted by Gasteiger charge is 2.31. The van der Waals surface area contributed by atoms with Crippen LogP contribution in [0.25, 0.3) is 0 Å². The molecule has 0 aliphatic carbocycles. The molecular formula is C14H29NO2. The Bertz CT molecular complexity index is 262. The molecule has 0 aromatic heterocycles. The van der Waals surface area contributed by atoms with Crippen molar-refractivity contribution in [3.05, 3.63) is 0 Å². The van der Waals surface area contributed by atoms with Gasteiger partial charge in [0.15, 0.2) is 0 Å². The highest BCUT2D eigenvalue weighted by Crippen LogP contribution is 2.32. The molecule has 3 nitrogen and oxygen atoms in total. The molecule has 0 atom stereocenters. The van der Waals surface area contributed by atoms with E-state index in [9.17, 15) is 4.79 Å². The van der Waals surface area contributed by atoms with Gasteiger partial charge in [0.2, 0.25) is 0 Å². The van der Waals surface area contributed by atoms with Crippen LogP contribution >= 0.6 is 0 Å². The first-order valence-electron chi connectivity index (χ1n) is 6.38. The standard InChI is InChI=1S/C14H29NO2/c1-9-13(5,6)10-14(7,8)17-11(16)15-12(2,3)4/h9-10H2,1-8H3,(H,15,16). The second-order valence-electron chi connectivity index (χ2n) is 7.22. The summed E-state index contributed by atoms with van der Waals surface area (Å²) in [6.07, 6.45) is 1.59. The van der Waals surface area contributed by atoms with Crippen LogP contribution in [0.1, 0.15) is 68.2 Å². The quantitative estimate of drug-likeness (QED) is 0.806. The molecule has 102 valence electrons. The van der Waals surface area contributed by atoms with Crippen molar-refractivity contribution in [1.29, 1.82) is 0 Å². The van der Waals surface area contributed by atoms with Crippen molar-refractivity contribution < 1.29 is 9.53 Å². The molecule has 0 radical (unpaired) electrons. The van der Waals surface area contributed by atoms with Crippen LogP contribution in [0.5, 0.6) is 0 Å². The third-order valence-electron chi connectivity index (χ3n) is 2.71. The Morgan fingerprint density at radius 1 is 1.06 bits per heavy atom. The predicted molar refractivity (Wildman–Crippen MR) is 72.1 cm³/mol. The van der Waals surface area contributed by atoms with Gasteiger partial charge in [-0.2, -0.15) is 0 Å². The van der Waals surface area contributed by atoms with Crippen molar-refractivity contribution in [2.45, 2.75) is 79.4 Å². The first kappa shape index (κ1) is 16.3. The summed E-state index contributed by atoms with van der Waals surface area (Å²) in [5.74, 6) is 0. The molecule has 0 unspecified atom stereocenters. The van der Waals surface area contributed by atoms with Gasteiger partial charge in [-0.1, -0.05) is 27.2 Å². The summed E-state index contributed by atoms with van der Waals surface area (Å²) in [4.78, 5) is 11.7. The Balaban J connectivity index is 4.40. The fourth-order valence-electron chi connectivity index (χ4n) is 1.90. The molecule has 0 aliphatic rings. The fourth-order valence-corrected chi connectivity index (χ4v) is 1.90. The highest BCUT2D eigenvalue weighted by atomic mass is 16.6. The molecule has 17 heavy (non-hydrogen) atoms. The maximum Gasteiger partial charge on any atom is 0.408 e. The summed E-state index contributed by atoms with van der Waals surface area (Å²) in [5.41, 5.74) is -0.506. The van der Waals surface area contributed by atoms with E-state index in [1.165, 1.54) is 0 Å². The molecule has 0 rings (SSSR count). The molecule has 0 heterocycles. The summed E-state index contributed by atoms with van der Waals surface area (Å²) < 4.78 is 5.50. The number of ether oxygens (including phenoxy) is 1. The maximum absolute atomic E-state index is 11.7. The third-order valence-corrected chi connectivity index (χ3v) is 2.71. The second kappa shape index (κ2) is 5.28. The van der Waals surface area contributed by atoms with Gasteiger partial charge < -0.3 is 10.1 Å². The molecule has 0 saturated heterocycles. The lowest BCUT2D eigenvalue weighted by molar-refractivity contribution is 0.00296. The number of hydrogen-bond donors (Lipinski definition) is 1. The van der Waals surface area contributed by atoms with Gasteiger partial charge in [-0.15, -0.1) is 0 Å². The van der Waals surface area contributed by atoms with Crippen LogP contribution in [-0.4, -0.2) is 17.2 Å². The molecule has 1 amide bonds. The minimum Gasteiger partial charge on any atom is -0.444 e. The van der Waals surface area contributed by atoms with Crippen molar-refractivity contribution in [3.8, 4) is 0 Å². The van der Waals surface area contributed by atoms with Crippen LogP contribution in [0, 0.1) is 5.41 Å². The van der Waals surface area contributed by atoms with Gasteiger partial charge in [0.25, 0.3) is 0 Å². The third kappa shape index (κ3) is 8.06. The van der Waals surface area contributed by atoms with Gasteiger partial charge in [-0.3, -0.25) is 0 Å². The van der Waals surface area contributed by atoms with E-state index in [0.717, 1.165) is 12.8 Å². The Morgan fingerprint density at radius 3 is 1.88 bits per heavy atom. The van der Waals surface area contributed by atoms with Gasteiger partial charge in [-0.05, 0) is 46.5 Å². The van der Waals surface area contributed by atoms with E-state index in [2.05, 4.69) is 26.1 Å². The van der Waals surface area contributed by atoms with Crippen LogP contribution < -0.4 is 5.32 Å². The van der Waals surface area contributed by atoms with Crippen LogP contribution in [0.4, 0.5) is 4.79 Å². The number of carbonyl (C=O) groups excluding carboxylic acids is 1. The van der Waals surface area contributed by atoms with Crippen molar-refractivity contribution in [2.24, 2.45) is 5.41 Å². The van der Waals surface area contributed by atoms with Gasteiger partial charge in [0.05, 0.1) is 0 Å². The minimum atomic E-state index is -0.436. The van der Waals surface area contributed by atoms with Crippen LogP contribution in [0.2, 0.25) is 0 Å². The molecular weight excluding hydrogens is 214 g/mol. The summed E-state index contributed by atoms with van der Waals surface area (Å²) in [7, 11) is 0. The molecule has 3 heteroatoms. The normalized spacial score (nSPS) is 13.4. The molecule has 1 N–H and O–H groups in total. The Hall–Kier alpha value is -0.730. The smallest absolute Gasteiger partial charge is 0.408 e. The van der Waals surface area contributed by atoms with Crippen LogP contribution in [-0.2, 0) is 4.74 Å².